The Labute approximate surface area is 118 Å². The van der Waals surface area contributed by atoms with E-state index in [2.05, 4.69) is 26.1 Å². The molecule has 1 aromatic carbocycles. The van der Waals surface area contributed by atoms with Crippen LogP contribution in [0, 0.1) is 0 Å². The van der Waals surface area contributed by atoms with E-state index in [1.807, 2.05) is 37.5 Å². The minimum absolute atomic E-state index is 0.662. The number of hydrogen-bond acceptors (Lipinski definition) is 3. The van der Waals surface area contributed by atoms with Gasteiger partial charge in [0.2, 0.25) is 0 Å². The maximum atomic E-state index is 5.96. The lowest BCUT2D eigenvalue weighted by atomic mass is 10.1. The molecule has 0 saturated carbocycles. The number of nitrogens with zero attached hydrogens (tertiary/aromatic N) is 4. The summed E-state index contributed by atoms with van der Waals surface area (Å²) in [4.78, 5) is 0. The van der Waals surface area contributed by atoms with E-state index >= 15 is 0 Å². The van der Waals surface area contributed by atoms with Crippen LogP contribution in [0.4, 0.5) is 5.82 Å². The van der Waals surface area contributed by atoms with E-state index in [1.165, 1.54) is 0 Å². The SMILES string of the molecule is Cn1ncc(-c2ccc(-n3cc(Br)cn3)cc2)c1N. The number of anilines is 1. The molecule has 0 aliphatic heterocycles. The first-order valence-electron chi connectivity index (χ1n) is 5.73. The lowest BCUT2D eigenvalue weighted by molar-refractivity contribution is 0.779. The molecule has 96 valence electrons. The summed E-state index contributed by atoms with van der Waals surface area (Å²) in [6.07, 6.45) is 5.44. The Balaban J connectivity index is 1.97. The Morgan fingerprint density at radius 2 is 1.84 bits per heavy atom. The van der Waals surface area contributed by atoms with Crippen molar-refractivity contribution in [2.24, 2.45) is 7.05 Å². The van der Waals surface area contributed by atoms with E-state index < -0.39 is 0 Å². The molecule has 2 aromatic heterocycles. The molecule has 0 atom stereocenters. The molecule has 0 bridgehead atoms. The highest BCUT2D eigenvalue weighted by atomic mass is 79.9. The third-order valence-corrected chi connectivity index (χ3v) is 3.39. The van der Waals surface area contributed by atoms with Gasteiger partial charge in [0.1, 0.15) is 5.82 Å². The molecule has 0 radical (unpaired) electrons. The van der Waals surface area contributed by atoms with Gasteiger partial charge in [-0.3, -0.25) is 4.68 Å². The summed E-state index contributed by atoms with van der Waals surface area (Å²) >= 11 is 3.38. The van der Waals surface area contributed by atoms with Crippen molar-refractivity contribution in [1.82, 2.24) is 19.6 Å². The number of nitrogens with two attached hydrogens (primary N) is 1. The van der Waals surface area contributed by atoms with Crippen molar-refractivity contribution in [3.05, 3.63) is 47.3 Å². The van der Waals surface area contributed by atoms with Crippen LogP contribution in [0.3, 0.4) is 0 Å². The third-order valence-electron chi connectivity index (χ3n) is 2.98. The van der Waals surface area contributed by atoms with Crippen LogP contribution in [0.2, 0.25) is 0 Å². The fraction of sp³-hybridized carbons (Fsp3) is 0.0769. The number of rotatable bonds is 2. The number of aryl methyl sites for hydroxylation is 1. The van der Waals surface area contributed by atoms with Crippen LogP contribution in [0.15, 0.2) is 47.3 Å². The van der Waals surface area contributed by atoms with Crippen molar-refractivity contribution in [2.45, 2.75) is 0 Å². The van der Waals surface area contributed by atoms with Gasteiger partial charge >= 0.3 is 0 Å². The van der Waals surface area contributed by atoms with E-state index in [0.717, 1.165) is 21.3 Å². The Kier molecular flexibility index (Phi) is 2.87. The minimum atomic E-state index is 0.662. The molecule has 6 heteroatoms. The lowest BCUT2D eigenvalue weighted by Gasteiger charge is -2.04. The molecule has 2 heterocycles. The Morgan fingerprint density at radius 3 is 2.37 bits per heavy atom. The van der Waals surface area contributed by atoms with Crippen LogP contribution in [-0.4, -0.2) is 19.6 Å². The van der Waals surface area contributed by atoms with Gasteiger partial charge in [0.25, 0.3) is 0 Å². The van der Waals surface area contributed by atoms with Gasteiger partial charge in [-0.25, -0.2) is 4.68 Å². The van der Waals surface area contributed by atoms with Gasteiger partial charge in [0.05, 0.1) is 22.6 Å². The number of nitrogen functional groups attached to an aromatic ring is 1. The summed E-state index contributed by atoms with van der Waals surface area (Å²) in [5, 5.41) is 8.38. The van der Waals surface area contributed by atoms with E-state index in [1.54, 1.807) is 21.8 Å². The van der Waals surface area contributed by atoms with Gasteiger partial charge in [-0.05, 0) is 33.6 Å². The van der Waals surface area contributed by atoms with Crippen LogP contribution in [0.25, 0.3) is 16.8 Å². The highest BCUT2D eigenvalue weighted by molar-refractivity contribution is 9.10. The van der Waals surface area contributed by atoms with Crippen LogP contribution < -0.4 is 5.73 Å². The molecular weight excluding hydrogens is 306 g/mol. The van der Waals surface area contributed by atoms with E-state index in [4.69, 9.17) is 5.73 Å². The predicted molar refractivity (Wildman–Crippen MR) is 77.9 cm³/mol. The quantitative estimate of drug-likeness (QED) is 0.790. The molecule has 5 nitrogen and oxygen atoms in total. The van der Waals surface area contributed by atoms with Gasteiger partial charge in [-0.1, -0.05) is 12.1 Å². The lowest BCUT2D eigenvalue weighted by Crippen LogP contribution is -1.98. The van der Waals surface area contributed by atoms with Gasteiger partial charge in [0, 0.05) is 18.8 Å². The Bertz CT molecular complexity index is 711. The monoisotopic (exact) mass is 317 g/mol. The van der Waals surface area contributed by atoms with Crippen molar-refractivity contribution in [3.8, 4) is 16.8 Å². The maximum Gasteiger partial charge on any atom is 0.129 e. The first kappa shape index (κ1) is 12.0. The number of hydrogen-bond donors (Lipinski definition) is 1. The molecular formula is C13H12BrN5. The molecule has 2 N–H and O–H groups in total. The van der Waals surface area contributed by atoms with Crippen molar-refractivity contribution >= 4 is 21.7 Å². The normalized spacial score (nSPS) is 10.8. The summed E-state index contributed by atoms with van der Waals surface area (Å²) in [7, 11) is 1.83. The number of halogens is 1. The molecule has 19 heavy (non-hydrogen) atoms. The number of aromatic nitrogens is 4. The average molecular weight is 318 g/mol. The van der Waals surface area contributed by atoms with Crippen molar-refractivity contribution in [3.63, 3.8) is 0 Å². The van der Waals surface area contributed by atoms with E-state index in [-0.39, 0.29) is 0 Å². The number of benzene rings is 1. The topological polar surface area (TPSA) is 61.7 Å². The van der Waals surface area contributed by atoms with Gasteiger partial charge in [-0.2, -0.15) is 10.2 Å². The average Bonchev–Trinajstić information content (AvgIpc) is 2.98. The zero-order chi connectivity index (χ0) is 13.4. The van der Waals surface area contributed by atoms with Crippen LogP contribution in [0.1, 0.15) is 0 Å². The summed E-state index contributed by atoms with van der Waals surface area (Å²) in [6.45, 7) is 0. The van der Waals surface area contributed by atoms with E-state index in [9.17, 15) is 0 Å². The summed E-state index contributed by atoms with van der Waals surface area (Å²) < 4.78 is 4.42. The van der Waals surface area contributed by atoms with Crippen LogP contribution >= 0.6 is 15.9 Å². The first-order chi connectivity index (χ1) is 9.15. The van der Waals surface area contributed by atoms with Crippen molar-refractivity contribution < 1.29 is 0 Å². The molecule has 3 rings (SSSR count). The van der Waals surface area contributed by atoms with Gasteiger partial charge in [0.15, 0.2) is 0 Å². The fourth-order valence-corrected chi connectivity index (χ4v) is 2.19. The van der Waals surface area contributed by atoms with Gasteiger partial charge < -0.3 is 5.73 Å². The van der Waals surface area contributed by atoms with Crippen molar-refractivity contribution in [2.75, 3.05) is 5.73 Å². The first-order valence-corrected chi connectivity index (χ1v) is 6.53. The standard InChI is InChI=1S/C13H12BrN5/c1-18-13(15)12(7-16-18)9-2-4-11(5-3-9)19-8-10(14)6-17-19/h2-8H,15H2,1H3. The highest BCUT2D eigenvalue weighted by Crippen LogP contribution is 2.26. The molecule has 0 unspecified atom stereocenters. The zero-order valence-corrected chi connectivity index (χ0v) is 11.9. The second kappa shape index (κ2) is 4.55. The second-order valence-corrected chi connectivity index (χ2v) is 5.13. The largest absolute Gasteiger partial charge is 0.383 e. The second-order valence-electron chi connectivity index (χ2n) is 4.22. The highest BCUT2D eigenvalue weighted by Gasteiger charge is 2.07. The van der Waals surface area contributed by atoms with Crippen LogP contribution in [0.5, 0.6) is 0 Å². The molecule has 0 aliphatic carbocycles. The van der Waals surface area contributed by atoms with Crippen LogP contribution in [-0.2, 0) is 7.05 Å². The van der Waals surface area contributed by atoms with Gasteiger partial charge in [-0.15, -0.1) is 0 Å². The Hall–Kier alpha value is -2.08. The molecule has 0 spiro atoms. The van der Waals surface area contributed by atoms with Crippen molar-refractivity contribution in [1.29, 1.82) is 0 Å². The fourth-order valence-electron chi connectivity index (χ4n) is 1.91. The molecule has 0 fully saturated rings. The maximum absolute atomic E-state index is 5.96. The molecule has 0 aliphatic rings. The minimum Gasteiger partial charge on any atom is -0.383 e. The molecule has 3 aromatic rings. The van der Waals surface area contributed by atoms with E-state index in [0.29, 0.717) is 5.82 Å². The Morgan fingerprint density at radius 1 is 1.11 bits per heavy atom. The third kappa shape index (κ3) is 2.15. The summed E-state index contributed by atoms with van der Waals surface area (Å²) in [5.74, 6) is 0.662. The summed E-state index contributed by atoms with van der Waals surface area (Å²) in [6, 6.07) is 8.03. The zero-order valence-electron chi connectivity index (χ0n) is 10.3. The molecule has 0 amide bonds. The summed E-state index contributed by atoms with van der Waals surface area (Å²) in [5.41, 5.74) is 8.94. The molecule has 0 saturated heterocycles. The smallest absolute Gasteiger partial charge is 0.129 e. The predicted octanol–water partition coefficient (Wildman–Crippen LogP) is 2.62.